The maximum Gasteiger partial charge on any atom is 0.259 e. The number of hydrogen-bond acceptors (Lipinski definition) is 3. The SMILES string of the molecule is Nc1nc2c(c(=O)[nH]1)C=C/C=C\CC2. The third-order valence-corrected chi connectivity index (χ3v) is 2.11. The minimum absolute atomic E-state index is 0.168. The fourth-order valence-electron chi connectivity index (χ4n) is 1.46. The summed E-state index contributed by atoms with van der Waals surface area (Å²) in [6.07, 6.45) is 9.20. The molecular weight excluding hydrogens is 178 g/mol. The molecule has 0 fully saturated rings. The molecule has 0 atom stereocenters. The van der Waals surface area contributed by atoms with Crippen LogP contribution >= 0.6 is 0 Å². The van der Waals surface area contributed by atoms with Crippen molar-refractivity contribution in [1.29, 1.82) is 0 Å². The van der Waals surface area contributed by atoms with E-state index in [2.05, 4.69) is 9.97 Å². The van der Waals surface area contributed by atoms with Gasteiger partial charge in [-0.05, 0) is 18.9 Å². The number of hydrogen-bond donors (Lipinski definition) is 2. The van der Waals surface area contributed by atoms with E-state index in [1.54, 1.807) is 6.08 Å². The number of allylic oxidation sites excluding steroid dienone is 3. The van der Waals surface area contributed by atoms with E-state index in [0.29, 0.717) is 5.56 Å². The van der Waals surface area contributed by atoms with Crippen LogP contribution in [0.4, 0.5) is 5.95 Å². The van der Waals surface area contributed by atoms with E-state index in [0.717, 1.165) is 18.5 Å². The third-order valence-electron chi connectivity index (χ3n) is 2.11. The molecule has 4 nitrogen and oxygen atoms in total. The Morgan fingerprint density at radius 3 is 3.14 bits per heavy atom. The molecule has 0 amide bonds. The standard InChI is InChI=1S/C10H11N3O/c11-10-12-8-6-4-2-1-3-5-7(8)9(14)13-10/h1-3,5H,4,6H2,(H3,11,12,13,14)/b2-1-,5-3?. The van der Waals surface area contributed by atoms with Gasteiger partial charge in [-0.3, -0.25) is 9.78 Å². The summed E-state index contributed by atoms with van der Waals surface area (Å²) in [5.41, 5.74) is 6.68. The Hall–Kier alpha value is -1.84. The van der Waals surface area contributed by atoms with Gasteiger partial charge in [-0.25, -0.2) is 4.98 Å². The lowest BCUT2D eigenvalue weighted by Gasteiger charge is -2.05. The predicted octanol–water partition coefficient (Wildman–Crippen LogP) is 0.868. The second kappa shape index (κ2) is 3.49. The zero-order valence-electron chi connectivity index (χ0n) is 7.66. The van der Waals surface area contributed by atoms with Crippen LogP contribution in [0.1, 0.15) is 17.7 Å². The molecule has 4 heteroatoms. The number of rotatable bonds is 0. The summed E-state index contributed by atoms with van der Waals surface area (Å²) in [7, 11) is 0. The van der Waals surface area contributed by atoms with Crippen LogP contribution in [0.2, 0.25) is 0 Å². The summed E-state index contributed by atoms with van der Waals surface area (Å²) >= 11 is 0. The summed E-state index contributed by atoms with van der Waals surface area (Å²) in [5, 5.41) is 0. The molecule has 3 N–H and O–H groups in total. The smallest absolute Gasteiger partial charge is 0.259 e. The number of fused-ring (bicyclic) bond motifs is 1. The summed E-state index contributed by atoms with van der Waals surface area (Å²) in [4.78, 5) is 18.1. The molecule has 14 heavy (non-hydrogen) atoms. The molecular formula is C10H11N3O. The number of nitrogens with two attached hydrogens (primary N) is 1. The van der Waals surface area contributed by atoms with Gasteiger partial charge in [0.1, 0.15) is 0 Å². The molecule has 1 aromatic rings. The molecule has 0 spiro atoms. The number of nitrogens with one attached hydrogen (secondary N) is 1. The van der Waals surface area contributed by atoms with Crippen LogP contribution in [0.5, 0.6) is 0 Å². The minimum Gasteiger partial charge on any atom is -0.369 e. The highest BCUT2D eigenvalue weighted by Gasteiger charge is 2.07. The number of aryl methyl sites for hydroxylation is 1. The molecule has 0 unspecified atom stereocenters. The largest absolute Gasteiger partial charge is 0.369 e. The van der Waals surface area contributed by atoms with Crippen LogP contribution < -0.4 is 11.3 Å². The number of nitrogen functional groups attached to an aromatic ring is 1. The molecule has 0 radical (unpaired) electrons. The van der Waals surface area contributed by atoms with Crippen molar-refractivity contribution in [3.63, 3.8) is 0 Å². The molecule has 0 bridgehead atoms. The van der Waals surface area contributed by atoms with Crippen LogP contribution in [0.15, 0.2) is 23.0 Å². The van der Waals surface area contributed by atoms with Crippen molar-refractivity contribution in [2.24, 2.45) is 0 Å². The molecule has 0 saturated carbocycles. The molecule has 0 aromatic carbocycles. The molecule has 1 heterocycles. The number of nitrogens with zero attached hydrogens (tertiary/aromatic N) is 1. The third kappa shape index (κ3) is 1.59. The van der Waals surface area contributed by atoms with Crippen LogP contribution in [0.3, 0.4) is 0 Å². The van der Waals surface area contributed by atoms with Gasteiger partial charge in [-0.15, -0.1) is 0 Å². The van der Waals surface area contributed by atoms with Gasteiger partial charge in [-0.1, -0.05) is 18.2 Å². The van der Waals surface area contributed by atoms with E-state index in [9.17, 15) is 4.79 Å². The molecule has 1 aliphatic carbocycles. The van der Waals surface area contributed by atoms with Crippen LogP contribution in [0.25, 0.3) is 6.08 Å². The zero-order valence-corrected chi connectivity index (χ0v) is 7.66. The molecule has 0 aliphatic heterocycles. The number of H-pyrrole nitrogens is 1. The molecule has 0 saturated heterocycles. The number of aromatic amines is 1. The Labute approximate surface area is 81.2 Å². The van der Waals surface area contributed by atoms with Gasteiger partial charge in [0.2, 0.25) is 5.95 Å². The van der Waals surface area contributed by atoms with Crippen molar-refractivity contribution in [3.8, 4) is 0 Å². The van der Waals surface area contributed by atoms with Crippen LogP contribution in [-0.2, 0) is 6.42 Å². The Bertz CT molecular complexity index is 457. The number of anilines is 1. The van der Waals surface area contributed by atoms with E-state index in [1.165, 1.54) is 0 Å². The van der Waals surface area contributed by atoms with Gasteiger partial charge < -0.3 is 5.73 Å². The fourth-order valence-corrected chi connectivity index (χ4v) is 1.46. The van der Waals surface area contributed by atoms with Crippen LogP contribution in [-0.4, -0.2) is 9.97 Å². The van der Waals surface area contributed by atoms with E-state index in [4.69, 9.17) is 5.73 Å². The lowest BCUT2D eigenvalue weighted by molar-refractivity contribution is 0.915. The van der Waals surface area contributed by atoms with Crippen molar-refractivity contribution in [2.75, 3.05) is 5.73 Å². The Balaban J connectivity index is 2.61. The normalized spacial score (nSPS) is 16.9. The first-order valence-electron chi connectivity index (χ1n) is 4.49. The highest BCUT2D eigenvalue weighted by molar-refractivity contribution is 5.54. The van der Waals surface area contributed by atoms with Crippen LogP contribution in [0, 0.1) is 0 Å². The monoisotopic (exact) mass is 189 g/mol. The summed E-state index contributed by atoms with van der Waals surface area (Å²) in [6, 6.07) is 0. The second-order valence-electron chi connectivity index (χ2n) is 3.14. The van der Waals surface area contributed by atoms with Crippen molar-refractivity contribution in [1.82, 2.24) is 9.97 Å². The van der Waals surface area contributed by atoms with E-state index >= 15 is 0 Å². The highest BCUT2D eigenvalue weighted by atomic mass is 16.1. The van der Waals surface area contributed by atoms with Gasteiger partial charge >= 0.3 is 0 Å². The van der Waals surface area contributed by atoms with E-state index in [1.807, 2.05) is 18.2 Å². The maximum atomic E-state index is 11.5. The van der Waals surface area contributed by atoms with Crippen molar-refractivity contribution in [2.45, 2.75) is 12.8 Å². The lowest BCUT2D eigenvalue weighted by Crippen LogP contribution is -2.17. The summed E-state index contributed by atoms with van der Waals surface area (Å²) in [5.74, 6) is 0.187. The van der Waals surface area contributed by atoms with Gasteiger partial charge in [0.15, 0.2) is 0 Å². The first-order valence-corrected chi connectivity index (χ1v) is 4.49. The van der Waals surface area contributed by atoms with Gasteiger partial charge in [0.05, 0.1) is 11.3 Å². The second-order valence-corrected chi connectivity index (χ2v) is 3.14. The lowest BCUT2D eigenvalue weighted by atomic mass is 10.1. The topological polar surface area (TPSA) is 71.8 Å². The summed E-state index contributed by atoms with van der Waals surface area (Å²) < 4.78 is 0. The van der Waals surface area contributed by atoms with E-state index < -0.39 is 0 Å². The minimum atomic E-state index is -0.168. The maximum absolute atomic E-state index is 11.5. The van der Waals surface area contributed by atoms with Crippen molar-refractivity contribution < 1.29 is 0 Å². The Morgan fingerprint density at radius 2 is 2.29 bits per heavy atom. The predicted molar refractivity (Wildman–Crippen MR) is 55.8 cm³/mol. The first kappa shape index (κ1) is 8.74. The average molecular weight is 189 g/mol. The fraction of sp³-hybridized carbons (Fsp3) is 0.200. The quantitative estimate of drug-likeness (QED) is 0.636. The van der Waals surface area contributed by atoms with Crippen molar-refractivity contribution >= 4 is 12.0 Å². The van der Waals surface area contributed by atoms with Gasteiger partial charge in [0.25, 0.3) is 5.56 Å². The Morgan fingerprint density at radius 1 is 1.43 bits per heavy atom. The van der Waals surface area contributed by atoms with E-state index in [-0.39, 0.29) is 11.5 Å². The molecule has 72 valence electrons. The highest BCUT2D eigenvalue weighted by Crippen LogP contribution is 2.10. The molecule has 1 aromatic heterocycles. The molecule has 2 rings (SSSR count). The molecule has 1 aliphatic rings. The Kier molecular flexibility index (Phi) is 2.18. The first-order chi connectivity index (χ1) is 6.77. The number of aromatic nitrogens is 2. The van der Waals surface area contributed by atoms with Crippen molar-refractivity contribution in [3.05, 3.63) is 39.8 Å². The van der Waals surface area contributed by atoms with Gasteiger partial charge in [0, 0.05) is 0 Å². The zero-order chi connectivity index (χ0) is 9.97. The average Bonchev–Trinajstić information content (AvgIpc) is 2.07. The van der Waals surface area contributed by atoms with Gasteiger partial charge in [-0.2, -0.15) is 0 Å². The summed E-state index contributed by atoms with van der Waals surface area (Å²) in [6.45, 7) is 0.